The molecule has 4 rings (SSSR count). The van der Waals surface area contributed by atoms with Crippen molar-refractivity contribution in [2.45, 2.75) is 83.9 Å². The Balaban J connectivity index is 1.65. The summed E-state index contributed by atoms with van der Waals surface area (Å²) < 4.78 is 40.2. The summed E-state index contributed by atoms with van der Waals surface area (Å²) in [7, 11) is 0. The van der Waals surface area contributed by atoms with Crippen LogP contribution < -0.4 is 0 Å². The van der Waals surface area contributed by atoms with E-state index in [1.807, 2.05) is 6.92 Å². The summed E-state index contributed by atoms with van der Waals surface area (Å²) in [4.78, 5) is 25.6. The predicted octanol–water partition coefficient (Wildman–Crippen LogP) is 4.71. The van der Waals surface area contributed by atoms with E-state index in [0.717, 1.165) is 19.3 Å². The molecule has 158 valence electrons. The van der Waals surface area contributed by atoms with E-state index in [1.165, 1.54) is 0 Å². The van der Waals surface area contributed by atoms with Crippen LogP contribution >= 0.6 is 0 Å². The minimum atomic E-state index is -4.62. The van der Waals surface area contributed by atoms with Gasteiger partial charge < -0.3 is 5.11 Å². The van der Waals surface area contributed by atoms with E-state index in [1.54, 1.807) is 6.92 Å². The summed E-state index contributed by atoms with van der Waals surface area (Å²) in [6.45, 7) is 5.69. The van der Waals surface area contributed by atoms with Crippen LogP contribution in [0.3, 0.4) is 0 Å². The Labute approximate surface area is 164 Å². The number of rotatable bonds is 1. The van der Waals surface area contributed by atoms with Crippen molar-refractivity contribution in [3.63, 3.8) is 0 Å². The average molecular weight is 400 g/mol. The van der Waals surface area contributed by atoms with Crippen molar-refractivity contribution in [3.8, 4) is 0 Å². The highest BCUT2D eigenvalue weighted by Crippen LogP contribution is 2.67. The fourth-order valence-corrected chi connectivity index (χ4v) is 7.99. The number of carbonyl (C=O) groups excluding carboxylic acids is 2. The lowest BCUT2D eigenvalue weighted by molar-refractivity contribution is -0.288. The maximum absolute atomic E-state index is 13.4. The minimum absolute atomic E-state index is 0.0744. The first-order chi connectivity index (χ1) is 12.8. The molecule has 6 heteroatoms. The Hall–Kier alpha value is -0.910. The zero-order valence-corrected chi connectivity index (χ0v) is 16.9. The van der Waals surface area contributed by atoms with E-state index in [-0.39, 0.29) is 59.9 Å². The molecule has 1 N–H and O–H groups in total. The van der Waals surface area contributed by atoms with E-state index in [0.29, 0.717) is 18.8 Å². The maximum atomic E-state index is 13.4. The summed E-state index contributed by atoms with van der Waals surface area (Å²) in [6.07, 6.45) is -1.52. The van der Waals surface area contributed by atoms with Crippen LogP contribution in [-0.2, 0) is 9.59 Å². The Morgan fingerprint density at radius 2 is 1.75 bits per heavy atom. The first-order valence-electron chi connectivity index (χ1n) is 10.7. The van der Waals surface area contributed by atoms with Crippen molar-refractivity contribution >= 4 is 11.6 Å². The zero-order chi connectivity index (χ0) is 20.7. The van der Waals surface area contributed by atoms with Crippen LogP contribution in [0.25, 0.3) is 0 Å². The molecule has 0 aromatic carbocycles. The summed E-state index contributed by atoms with van der Waals surface area (Å²) in [5, 5.41) is 10.3. The van der Waals surface area contributed by atoms with Gasteiger partial charge in [-0.25, -0.2) is 0 Å². The average Bonchev–Trinajstić information content (AvgIpc) is 2.91. The first kappa shape index (κ1) is 20.4. The molecule has 0 radical (unpaired) electrons. The highest BCUT2D eigenvalue weighted by molar-refractivity contribution is 5.87. The SMILES string of the molecule is CC(=O)[C@H]1CC[C@H]2[C@@H]3CC[C@@H]4C[C@](O)(C(F)(F)F)CC[C@]4(C)[C@H]3C(=O)C[C@]12C. The van der Waals surface area contributed by atoms with Gasteiger partial charge in [-0.1, -0.05) is 13.8 Å². The summed E-state index contributed by atoms with van der Waals surface area (Å²) in [6, 6.07) is 0. The quantitative estimate of drug-likeness (QED) is 0.694. The second-order valence-electron chi connectivity index (χ2n) is 10.7. The van der Waals surface area contributed by atoms with Gasteiger partial charge in [-0.05, 0) is 80.5 Å². The Morgan fingerprint density at radius 3 is 2.36 bits per heavy atom. The standard InChI is InChI=1S/C22H31F3O3/c1-12(26)15-6-7-16-14-5-4-13-10-21(28,22(23,24)25)9-8-19(13,2)18(14)17(27)11-20(15,16)3/h13-16,18,28H,4-11H2,1-3H3/t13-,14+,15-,16+,18-,19+,20-,21+/m1/s1. The molecule has 0 bridgehead atoms. The number of aliphatic hydroxyl groups is 1. The van der Waals surface area contributed by atoms with Gasteiger partial charge >= 0.3 is 6.18 Å². The number of halogens is 3. The molecule has 28 heavy (non-hydrogen) atoms. The number of hydrogen-bond acceptors (Lipinski definition) is 3. The van der Waals surface area contributed by atoms with Gasteiger partial charge in [-0.15, -0.1) is 0 Å². The molecule has 0 saturated heterocycles. The summed E-state index contributed by atoms with van der Waals surface area (Å²) >= 11 is 0. The van der Waals surface area contributed by atoms with Gasteiger partial charge in [-0.2, -0.15) is 13.2 Å². The minimum Gasteiger partial charge on any atom is -0.380 e. The lowest BCUT2D eigenvalue weighted by Crippen LogP contribution is -2.61. The van der Waals surface area contributed by atoms with E-state index >= 15 is 0 Å². The van der Waals surface area contributed by atoms with E-state index in [2.05, 4.69) is 6.92 Å². The monoisotopic (exact) mass is 400 g/mol. The van der Waals surface area contributed by atoms with Gasteiger partial charge in [0, 0.05) is 18.3 Å². The molecule has 4 saturated carbocycles. The smallest absolute Gasteiger partial charge is 0.380 e. The number of alkyl halides is 3. The molecule has 3 nitrogen and oxygen atoms in total. The van der Waals surface area contributed by atoms with Crippen LogP contribution in [0.5, 0.6) is 0 Å². The maximum Gasteiger partial charge on any atom is 0.417 e. The third-order valence-electron chi connectivity index (χ3n) is 9.43. The molecular weight excluding hydrogens is 369 g/mol. The number of carbonyl (C=O) groups is 2. The molecule has 0 amide bonds. The Kier molecular flexibility index (Phi) is 4.40. The van der Waals surface area contributed by atoms with Crippen LogP contribution in [0.15, 0.2) is 0 Å². The number of Topliss-reactive ketones (excluding diaryl/α,β-unsaturated/α-hetero) is 2. The van der Waals surface area contributed by atoms with Crippen LogP contribution in [0.4, 0.5) is 13.2 Å². The molecule has 0 aromatic heterocycles. The lowest BCUT2D eigenvalue weighted by Gasteiger charge is -2.61. The van der Waals surface area contributed by atoms with Crippen LogP contribution in [0, 0.1) is 40.4 Å². The second-order valence-corrected chi connectivity index (χ2v) is 10.7. The van der Waals surface area contributed by atoms with Gasteiger partial charge in [0.25, 0.3) is 0 Å². The summed E-state index contributed by atoms with van der Waals surface area (Å²) in [5.74, 6) is 0.166. The fourth-order valence-electron chi connectivity index (χ4n) is 7.99. The van der Waals surface area contributed by atoms with Crippen molar-refractivity contribution in [2.24, 2.45) is 40.4 Å². The van der Waals surface area contributed by atoms with Crippen LogP contribution in [-0.4, -0.2) is 28.5 Å². The van der Waals surface area contributed by atoms with E-state index < -0.39 is 17.2 Å². The second kappa shape index (κ2) is 6.05. The molecule has 8 atom stereocenters. The summed E-state index contributed by atoms with van der Waals surface area (Å²) in [5.41, 5.74) is -3.40. The van der Waals surface area contributed by atoms with Crippen molar-refractivity contribution in [2.75, 3.05) is 0 Å². The Morgan fingerprint density at radius 1 is 1.07 bits per heavy atom. The van der Waals surface area contributed by atoms with Crippen LogP contribution in [0.2, 0.25) is 0 Å². The molecule has 0 aromatic rings. The molecule has 4 aliphatic carbocycles. The third kappa shape index (κ3) is 2.58. The van der Waals surface area contributed by atoms with Gasteiger partial charge in [0.15, 0.2) is 5.60 Å². The number of hydrogen-bond donors (Lipinski definition) is 1. The highest BCUT2D eigenvalue weighted by Gasteiger charge is 2.67. The normalized spacial score (nSPS) is 51.2. The van der Waals surface area contributed by atoms with Gasteiger partial charge in [-0.3, -0.25) is 9.59 Å². The third-order valence-corrected chi connectivity index (χ3v) is 9.43. The van der Waals surface area contributed by atoms with Crippen molar-refractivity contribution in [1.29, 1.82) is 0 Å². The predicted molar refractivity (Wildman–Crippen MR) is 97.3 cm³/mol. The molecule has 0 heterocycles. The molecule has 0 unspecified atom stereocenters. The highest BCUT2D eigenvalue weighted by atomic mass is 19.4. The van der Waals surface area contributed by atoms with E-state index in [4.69, 9.17) is 0 Å². The van der Waals surface area contributed by atoms with Gasteiger partial charge in [0.05, 0.1) is 0 Å². The van der Waals surface area contributed by atoms with E-state index in [9.17, 15) is 27.9 Å². The largest absolute Gasteiger partial charge is 0.417 e. The van der Waals surface area contributed by atoms with Gasteiger partial charge in [0.2, 0.25) is 0 Å². The number of ketones is 2. The molecule has 4 fully saturated rings. The van der Waals surface area contributed by atoms with Crippen molar-refractivity contribution < 1.29 is 27.9 Å². The Bertz CT molecular complexity index is 704. The zero-order valence-electron chi connectivity index (χ0n) is 16.9. The first-order valence-corrected chi connectivity index (χ1v) is 10.7. The molecule has 0 spiro atoms. The van der Waals surface area contributed by atoms with Crippen molar-refractivity contribution in [3.05, 3.63) is 0 Å². The van der Waals surface area contributed by atoms with Gasteiger partial charge in [0.1, 0.15) is 11.6 Å². The molecule has 0 aliphatic heterocycles. The fraction of sp³-hybridized carbons (Fsp3) is 0.909. The van der Waals surface area contributed by atoms with Crippen LogP contribution in [0.1, 0.15) is 72.1 Å². The molecule has 4 aliphatic rings. The molecular formula is C22H31F3O3. The number of fused-ring (bicyclic) bond motifs is 5. The lowest BCUT2D eigenvalue weighted by atomic mass is 9.43. The topological polar surface area (TPSA) is 54.4 Å². The van der Waals surface area contributed by atoms with Crippen molar-refractivity contribution in [1.82, 2.24) is 0 Å².